The molecule has 0 aromatic heterocycles. The summed E-state index contributed by atoms with van der Waals surface area (Å²) in [5, 5.41) is 11.0. The molecule has 0 fully saturated rings. The summed E-state index contributed by atoms with van der Waals surface area (Å²) in [5.41, 5.74) is 0.411. The molecule has 0 saturated carbocycles. The van der Waals surface area contributed by atoms with Crippen molar-refractivity contribution in [3.8, 4) is 5.75 Å². The van der Waals surface area contributed by atoms with Gasteiger partial charge < -0.3 is 15.2 Å². The van der Waals surface area contributed by atoms with E-state index in [4.69, 9.17) is 9.84 Å². The van der Waals surface area contributed by atoms with Gasteiger partial charge in [-0.3, -0.25) is 4.79 Å². The van der Waals surface area contributed by atoms with Crippen LogP contribution in [0.1, 0.15) is 0 Å². The number of ether oxygens (including phenoxy) is 1. The number of hydrogen-bond acceptors (Lipinski definition) is 3. The van der Waals surface area contributed by atoms with Crippen molar-refractivity contribution < 1.29 is 19.4 Å². The van der Waals surface area contributed by atoms with Crippen molar-refractivity contribution in [1.82, 2.24) is 0 Å². The second kappa shape index (κ2) is 5.55. The number of carbonyl (C=O) groups is 2. The molecule has 1 aromatic rings. The minimum atomic E-state index is -1.08. The van der Waals surface area contributed by atoms with Crippen LogP contribution in [-0.4, -0.2) is 23.6 Å². The number of anilines is 1. The topological polar surface area (TPSA) is 75.6 Å². The highest BCUT2D eigenvalue weighted by Crippen LogP contribution is 2.23. The Bertz CT molecular complexity index is 414. The van der Waals surface area contributed by atoms with E-state index < -0.39 is 12.6 Å². The number of nitrogens with one attached hydrogen (secondary N) is 1. The monoisotopic (exact) mass is 221 g/mol. The van der Waals surface area contributed by atoms with Crippen molar-refractivity contribution in [2.75, 3.05) is 11.9 Å². The van der Waals surface area contributed by atoms with Crippen molar-refractivity contribution >= 4 is 17.6 Å². The van der Waals surface area contributed by atoms with Gasteiger partial charge in [-0.15, -0.1) is 0 Å². The molecule has 1 amide bonds. The zero-order chi connectivity index (χ0) is 12.0. The fourth-order valence-electron chi connectivity index (χ4n) is 1.02. The molecule has 0 saturated heterocycles. The molecule has 1 rings (SSSR count). The lowest BCUT2D eigenvalue weighted by Crippen LogP contribution is -2.12. The largest absolute Gasteiger partial charge is 0.480 e. The van der Waals surface area contributed by atoms with Gasteiger partial charge in [-0.1, -0.05) is 18.7 Å². The van der Waals surface area contributed by atoms with Crippen molar-refractivity contribution in [2.45, 2.75) is 0 Å². The average Bonchev–Trinajstić information content (AvgIpc) is 2.27. The highest BCUT2D eigenvalue weighted by atomic mass is 16.5. The van der Waals surface area contributed by atoms with E-state index in [-0.39, 0.29) is 5.91 Å². The highest BCUT2D eigenvalue weighted by Gasteiger charge is 2.06. The van der Waals surface area contributed by atoms with E-state index in [9.17, 15) is 9.59 Å². The Hall–Kier alpha value is -2.30. The third kappa shape index (κ3) is 3.45. The van der Waals surface area contributed by atoms with Crippen molar-refractivity contribution in [3.05, 3.63) is 36.9 Å². The van der Waals surface area contributed by atoms with E-state index in [1.807, 2.05) is 0 Å². The van der Waals surface area contributed by atoms with Crippen molar-refractivity contribution in [3.63, 3.8) is 0 Å². The molecule has 0 radical (unpaired) electrons. The van der Waals surface area contributed by atoms with E-state index in [0.29, 0.717) is 11.4 Å². The summed E-state index contributed by atoms with van der Waals surface area (Å²) in [6, 6.07) is 6.56. The van der Waals surface area contributed by atoms with Gasteiger partial charge in [0.2, 0.25) is 5.91 Å². The fraction of sp³-hybridized carbons (Fsp3) is 0.0909. The average molecular weight is 221 g/mol. The lowest BCUT2D eigenvalue weighted by Gasteiger charge is -2.09. The number of amides is 1. The van der Waals surface area contributed by atoms with E-state index in [1.54, 1.807) is 24.3 Å². The van der Waals surface area contributed by atoms with Crippen molar-refractivity contribution in [1.29, 1.82) is 0 Å². The Morgan fingerprint density at radius 1 is 1.44 bits per heavy atom. The molecule has 0 unspecified atom stereocenters. The number of carboxylic acid groups (broad SMARTS) is 1. The summed E-state index contributed by atoms with van der Waals surface area (Å²) in [4.78, 5) is 21.4. The van der Waals surface area contributed by atoms with Crippen molar-refractivity contribution in [2.24, 2.45) is 0 Å². The molecule has 0 atom stereocenters. The van der Waals surface area contributed by atoms with E-state index in [0.717, 1.165) is 6.08 Å². The molecule has 0 heterocycles. The molecule has 2 N–H and O–H groups in total. The summed E-state index contributed by atoms with van der Waals surface area (Å²) < 4.78 is 5.00. The molecule has 0 aliphatic carbocycles. The minimum absolute atomic E-state index is 0.306. The number of hydrogen-bond donors (Lipinski definition) is 2. The molecule has 5 heteroatoms. The van der Waals surface area contributed by atoms with Gasteiger partial charge in [0.25, 0.3) is 0 Å². The first-order valence-corrected chi connectivity index (χ1v) is 4.50. The Labute approximate surface area is 92.3 Å². The smallest absolute Gasteiger partial charge is 0.341 e. The second-order valence-electron chi connectivity index (χ2n) is 2.87. The van der Waals surface area contributed by atoms with Gasteiger partial charge in [0.15, 0.2) is 6.61 Å². The van der Waals surface area contributed by atoms with Crippen LogP contribution in [0.2, 0.25) is 0 Å². The summed E-state index contributed by atoms with van der Waals surface area (Å²) >= 11 is 0. The van der Waals surface area contributed by atoms with Crippen LogP contribution in [0.4, 0.5) is 5.69 Å². The van der Waals surface area contributed by atoms with Crippen LogP contribution >= 0.6 is 0 Å². The number of carboxylic acids is 1. The molecule has 0 spiro atoms. The predicted molar refractivity (Wildman–Crippen MR) is 58.4 cm³/mol. The molecule has 0 aliphatic rings. The van der Waals surface area contributed by atoms with Crippen LogP contribution in [0, 0.1) is 0 Å². The van der Waals surface area contributed by atoms with Crippen LogP contribution in [0.15, 0.2) is 36.9 Å². The van der Waals surface area contributed by atoms with Gasteiger partial charge in [-0.2, -0.15) is 0 Å². The zero-order valence-corrected chi connectivity index (χ0v) is 8.47. The first-order chi connectivity index (χ1) is 7.63. The highest BCUT2D eigenvalue weighted by molar-refractivity contribution is 5.99. The number of carbonyl (C=O) groups excluding carboxylic acids is 1. The maximum Gasteiger partial charge on any atom is 0.341 e. The van der Waals surface area contributed by atoms with E-state index in [2.05, 4.69) is 11.9 Å². The van der Waals surface area contributed by atoms with Gasteiger partial charge in [-0.25, -0.2) is 4.79 Å². The van der Waals surface area contributed by atoms with E-state index >= 15 is 0 Å². The molecule has 1 aromatic carbocycles. The normalized spacial score (nSPS) is 9.25. The molecular formula is C11H11NO4. The van der Waals surface area contributed by atoms with Crippen LogP contribution in [0.25, 0.3) is 0 Å². The van der Waals surface area contributed by atoms with Crippen LogP contribution in [0.5, 0.6) is 5.75 Å². The van der Waals surface area contributed by atoms with Gasteiger partial charge in [-0.05, 0) is 18.2 Å². The predicted octanol–water partition coefficient (Wildman–Crippen LogP) is 1.27. The minimum Gasteiger partial charge on any atom is -0.480 e. The summed E-state index contributed by atoms with van der Waals surface area (Å²) in [5.74, 6) is -1.16. The van der Waals surface area contributed by atoms with Crippen LogP contribution < -0.4 is 10.1 Å². The SMILES string of the molecule is C=CC(=O)Nc1ccccc1OCC(=O)O. The lowest BCUT2D eigenvalue weighted by molar-refractivity contribution is -0.139. The third-order valence-corrected chi connectivity index (χ3v) is 1.68. The number of para-hydroxylation sites is 2. The quantitative estimate of drug-likeness (QED) is 0.734. The van der Waals surface area contributed by atoms with Gasteiger partial charge in [0.05, 0.1) is 5.69 Å². The maximum absolute atomic E-state index is 11.1. The van der Waals surface area contributed by atoms with E-state index in [1.165, 1.54) is 0 Å². The fourth-order valence-corrected chi connectivity index (χ4v) is 1.02. The molecular weight excluding hydrogens is 210 g/mol. The zero-order valence-electron chi connectivity index (χ0n) is 8.47. The maximum atomic E-state index is 11.1. The Morgan fingerprint density at radius 2 is 2.12 bits per heavy atom. The molecule has 0 bridgehead atoms. The van der Waals surface area contributed by atoms with Gasteiger partial charge in [0, 0.05) is 0 Å². The van der Waals surface area contributed by atoms with Gasteiger partial charge >= 0.3 is 5.97 Å². The van der Waals surface area contributed by atoms with Crippen LogP contribution in [0.3, 0.4) is 0 Å². The molecule has 5 nitrogen and oxygen atoms in total. The summed E-state index contributed by atoms with van der Waals surface area (Å²) in [6.45, 7) is 2.86. The molecule has 16 heavy (non-hydrogen) atoms. The lowest BCUT2D eigenvalue weighted by atomic mass is 10.3. The second-order valence-corrected chi connectivity index (χ2v) is 2.87. The number of aliphatic carboxylic acids is 1. The van der Waals surface area contributed by atoms with Gasteiger partial charge in [0.1, 0.15) is 5.75 Å². The summed E-state index contributed by atoms with van der Waals surface area (Å²) in [6.07, 6.45) is 1.12. The third-order valence-electron chi connectivity index (χ3n) is 1.68. The molecule has 0 aliphatic heterocycles. The molecule has 84 valence electrons. The summed E-state index contributed by atoms with van der Waals surface area (Å²) in [7, 11) is 0. The Kier molecular flexibility index (Phi) is 4.08. The number of rotatable bonds is 5. The standard InChI is InChI=1S/C11H11NO4/c1-2-10(13)12-8-5-3-4-6-9(8)16-7-11(14)15/h2-6H,1,7H2,(H,12,13)(H,14,15). The first kappa shape index (κ1) is 11.8. The Morgan fingerprint density at radius 3 is 2.75 bits per heavy atom. The number of benzene rings is 1. The Balaban J connectivity index is 2.78. The first-order valence-electron chi connectivity index (χ1n) is 4.50. The van der Waals surface area contributed by atoms with Crippen LogP contribution in [-0.2, 0) is 9.59 Å².